The molecule has 3 heteroatoms. The normalized spacial score (nSPS) is 13.2. The van der Waals surface area contributed by atoms with Crippen molar-refractivity contribution in [3.63, 3.8) is 0 Å². The molecule has 0 heterocycles. The van der Waals surface area contributed by atoms with Crippen LogP contribution >= 0.6 is 0 Å². The van der Waals surface area contributed by atoms with E-state index in [9.17, 15) is 4.79 Å². The predicted molar refractivity (Wildman–Crippen MR) is 60.8 cm³/mol. The van der Waals surface area contributed by atoms with Crippen LogP contribution in [0.25, 0.3) is 0 Å². The van der Waals surface area contributed by atoms with Crippen molar-refractivity contribution in [3.05, 3.63) is 12.2 Å². The Hall–Kier alpha value is -0.830. The Morgan fingerprint density at radius 1 is 1.20 bits per heavy atom. The molecule has 0 aromatic carbocycles. The zero-order valence-corrected chi connectivity index (χ0v) is 9.48. The number of carboxylic acid groups (broad SMARTS) is 1. The van der Waals surface area contributed by atoms with Crippen molar-refractivity contribution in [2.24, 2.45) is 0 Å². The third-order valence-corrected chi connectivity index (χ3v) is 2.20. The Labute approximate surface area is 91.8 Å². The molecule has 0 fully saturated rings. The molecule has 2 N–H and O–H groups in total. The maximum atomic E-state index is 10.2. The van der Waals surface area contributed by atoms with Crippen LogP contribution in [0, 0.1) is 0 Å². The molecule has 0 saturated heterocycles. The molecule has 0 radical (unpaired) electrons. The Morgan fingerprint density at radius 2 is 1.87 bits per heavy atom. The van der Waals surface area contributed by atoms with Crippen LogP contribution in [0.5, 0.6) is 0 Å². The molecule has 0 aromatic heterocycles. The fourth-order valence-electron chi connectivity index (χ4n) is 1.36. The van der Waals surface area contributed by atoms with Crippen molar-refractivity contribution in [3.8, 4) is 0 Å². The largest absolute Gasteiger partial charge is 0.481 e. The van der Waals surface area contributed by atoms with Crippen LogP contribution in [0.3, 0.4) is 0 Å². The maximum Gasteiger partial charge on any atom is 0.307 e. The number of carboxylic acids is 1. The molecule has 0 spiro atoms. The molecule has 0 rings (SSSR count). The lowest BCUT2D eigenvalue weighted by atomic mass is 10.1. The third-order valence-electron chi connectivity index (χ3n) is 2.20. The Kier molecular flexibility index (Phi) is 9.18. The monoisotopic (exact) mass is 214 g/mol. The average Bonchev–Trinajstić information content (AvgIpc) is 2.14. The van der Waals surface area contributed by atoms with Crippen LogP contribution in [0.1, 0.15) is 51.9 Å². The zero-order chi connectivity index (χ0) is 11.5. The highest BCUT2D eigenvalue weighted by Crippen LogP contribution is 2.07. The fourth-order valence-corrected chi connectivity index (χ4v) is 1.36. The van der Waals surface area contributed by atoms with E-state index in [1.807, 2.05) is 13.0 Å². The smallest absolute Gasteiger partial charge is 0.307 e. The van der Waals surface area contributed by atoms with Gasteiger partial charge >= 0.3 is 5.97 Å². The van der Waals surface area contributed by atoms with Crippen LogP contribution in [0.4, 0.5) is 0 Å². The standard InChI is InChI=1S/C12H22O3/c1-11(13)9-7-5-3-2-4-6-8-10-12(14)15/h6,8,11,13H,2-5,7,9-10H2,1H3,(H,14,15)/b8-6-/t11-/m0/s1. The molecule has 0 aliphatic rings. The van der Waals surface area contributed by atoms with Gasteiger partial charge in [0.25, 0.3) is 0 Å². The summed E-state index contributed by atoms with van der Waals surface area (Å²) < 4.78 is 0. The summed E-state index contributed by atoms with van der Waals surface area (Å²) >= 11 is 0. The highest BCUT2D eigenvalue weighted by atomic mass is 16.4. The van der Waals surface area contributed by atoms with Crippen LogP contribution < -0.4 is 0 Å². The quantitative estimate of drug-likeness (QED) is 0.458. The summed E-state index contributed by atoms with van der Waals surface area (Å²) in [7, 11) is 0. The first-order valence-corrected chi connectivity index (χ1v) is 5.67. The van der Waals surface area contributed by atoms with Gasteiger partial charge in [-0.15, -0.1) is 0 Å². The molecular weight excluding hydrogens is 192 g/mol. The van der Waals surface area contributed by atoms with Crippen molar-refractivity contribution in [2.75, 3.05) is 0 Å². The first kappa shape index (κ1) is 14.2. The molecule has 0 aliphatic carbocycles. The lowest BCUT2D eigenvalue weighted by Gasteiger charge is -2.02. The van der Waals surface area contributed by atoms with Gasteiger partial charge in [-0.1, -0.05) is 31.4 Å². The van der Waals surface area contributed by atoms with Gasteiger partial charge in [0.2, 0.25) is 0 Å². The Bertz CT molecular complexity index is 185. The summed E-state index contributed by atoms with van der Waals surface area (Å²) in [4.78, 5) is 10.2. The number of hydrogen-bond donors (Lipinski definition) is 2. The van der Waals surface area contributed by atoms with E-state index in [2.05, 4.69) is 0 Å². The Balaban J connectivity index is 3.11. The third kappa shape index (κ3) is 13.2. The number of hydrogen-bond acceptors (Lipinski definition) is 2. The van der Waals surface area contributed by atoms with E-state index >= 15 is 0 Å². The van der Waals surface area contributed by atoms with Crippen molar-refractivity contribution in [2.45, 2.75) is 58.0 Å². The number of unbranched alkanes of at least 4 members (excludes halogenated alkanes) is 4. The van der Waals surface area contributed by atoms with Crippen LogP contribution in [0.15, 0.2) is 12.2 Å². The number of allylic oxidation sites excluding steroid dienone is 1. The molecule has 0 aliphatic heterocycles. The van der Waals surface area contributed by atoms with Crippen molar-refractivity contribution in [1.29, 1.82) is 0 Å². The summed E-state index contributed by atoms with van der Waals surface area (Å²) in [6.07, 6.45) is 9.93. The Morgan fingerprint density at radius 3 is 2.47 bits per heavy atom. The molecule has 0 saturated carbocycles. The molecule has 0 aromatic rings. The van der Waals surface area contributed by atoms with Gasteiger partial charge in [0.05, 0.1) is 12.5 Å². The van der Waals surface area contributed by atoms with Gasteiger partial charge in [-0.25, -0.2) is 0 Å². The first-order valence-electron chi connectivity index (χ1n) is 5.67. The van der Waals surface area contributed by atoms with E-state index in [-0.39, 0.29) is 12.5 Å². The molecular formula is C12H22O3. The molecule has 15 heavy (non-hydrogen) atoms. The fraction of sp³-hybridized carbons (Fsp3) is 0.750. The number of aliphatic hydroxyl groups excluding tert-OH is 1. The van der Waals surface area contributed by atoms with E-state index in [0.29, 0.717) is 0 Å². The maximum absolute atomic E-state index is 10.2. The van der Waals surface area contributed by atoms with Crippen molar-refractivity contribution >= 4 is 5.97 Å². The van der Waals surface area contributed by atoms with Crippen LogP contribution in [0.2, 0.25) is 0 Å². The van der Waals surface area contributed by atoms with Crippen LogP contribution in [-0.2, 0) is 4.79 Å². The minimum absolute atomic E-state index is 0.127. The zero-order valence-electron chi connectivity index (χ0n) is 9.48. The molecule has 3 nitrogen and oxygen atoms in total. The van der Waals surface area contributed by atoms with Crippen molar-refractivity contribution < 1.29 is 15.0 Å². The SMILES string of the molecule is C[C@H](O)CCCCCC/C=C\CC(=O)O. The topological polar surface area (TPSA) is 57.5 Å². The highest BCUT2D eigenvalue weighted by Gasteiger charge is 1.94. The van der Waals surface area contributed by atoms with Crippen molar-refractivity contribution in [1.82, 2.24) is 0 Å². The minimum Gasteiger partial charge on any atom is -0.481 e. The molecule has 0 bridgehead atoms. The summed E-state index contributed by atoms with van der Waals surface area (Å²) in [5, 5.41) is 17.4. The van der Waals surface area contributed by atoms with E-state index in [0.717, 1.165) is 38.5 Å². The van der Waals surface area contributed by atoms with Gasteiger partial charge < -0.3 is 10.2 Å². The molecule has 0 amide bonds. The number of aliphatic hydroxyl groups is 1. The first-order chi connectivity index (χ1) is 7.13. The van der Waals surface area contributed by atoms with Crippen LogP contribution in [-0.4, -0.2) is 22.3 Å². The highest BCUT2D eigenvalue weighted by molar-refractivity contribution is 5.68. The molecule has 1 atom stereocenters. The van der Waals surface area contributed by atoms with Gasteiger partial charge in [0.15, 0.2) is 0 Å². The van der Waals surface area contributed by atoms with Gasteiger partial charge in [0, 0.05) is 0 Å². The second kappa shape index (κ2) is 9.71. The number of aliphatic carboxylic acids is 1. The van der Waals surface area contributed by atoms with Gasteiger partial charge in [-0.3, -0.25) is 4.79 Å². The van der Waals surface area contributed by atoms with Gasteiger partial charge in [-0.05, 0) is 26.2 Å². The van der Waals surface area contributed by atoms with E-state index in [1.54, 1.807) is 6.08 Å². The lowest BCUT2D eigenvalue weighted by molar-refractivity contribution is -0.136. The summed E-state index contributed by atoms with van der Waals surface area (Å²) in [5.74, 6) is -0.775. The summed E-state index contributed by atoms with van der Waals surface area (Å²) in [5.41, 5.74) is 0. The lowest BCUT2D eigenvalue weighted by Crippen LogP contribution is -1.98. The summed E-state index contributed by atoms with van der Waals surface area (Å²) in [6.45, 7) is 1.81. The van der Waals surface area contributed by atoms with Gasteiger partial charge in [-0.2, -0.15) is 0 Å². The van der Waals surface area contributed by atoms with E-state index in [4.69, 9.17) is 10.2 Å². The second-order valence-electron chi connectivity index (χ2n) is 3.91. The number of rotatable bonds is 9. The second-order valence-corrected chi connectivity index (χ2v) is 3.91. The predicted octanol–water partition coefficient (Wildman–Crippen LogP) is 2.74. The summed E-state index contributed by atoms with van der Waals surface area (Å²) in [6, 6.07) is 0. The molecule has 88 valence electrons. The number of carbonyl (C=O) groups is 1. The van der Waals surface area contributed by atoms with E-state index < -0.39 is 5.97 Å². The van der Waals surface area contributed by atoms with E-state index in [1.165, 1.54) is 0 Å². The average molecular weight is 214 g/mol. The van der Waals surface area contributed by atoms with Gasteiger partial charge in [0.1, 0.15) is 0 Å². The minimum atomic E-state index is -0.775. The molecule has 0 unspecified atom stereocenters.